The first-order valence-electron chi connectivity index (χ1n) is 10.6. The van der Waals surface area contributed by atoms with Crippen molar-refractivity contribution in [2.75, 3.05) is 18.9 Å². The molecule has 1 amide bonds. The number of pyridine rings is 1. The molecule has 2 aromatic carbocycles. The Morgan fingerprint density at radius 1 is 1.00 bits per heavy atom. The molecule has 0 atom stereocenters. The molecule has 0 saturated heterocycles. The van der Waals surface area contributed by atoms with Gasteiger partial charge in [0, 0.05) is 26.3 Å². The average molecular weight is 470 g/mol. The Hall–Kier alpha value is -2.56. The van der Waals surface area contributed by atoms with Crippen LogP contribution in [0.25, 0.3) is 0 Å². The summed E-state index contributed by atoms with van der Waals surface area (Å²) in [6.45, 7) is 7.61. The molecule has 6 heteroatoms. The summed E-state index contributed by atoms with van der Waals surface area (Å²) in [6.07, 6.45) is 2.34. The number of hydrogen-bond acceptors (Lipinski definition) is 3. The standard InChI is InChI=1S/C26H29Cl2N3O/c1-26(2,3)20-10-7-19(8-11-20)17-31(15-13-18-9-12-22(27)23(28)16-18)25(32)21-6-5-14-30-24(21)29-4/h5-12,14,16H,13,15,17H2,1-4H3,(H,29,30). The van der Waals surface area contributed by atoms with E-state index >= 15 is 0 Å². The molecule has 0 radical (unpaired) electrons. The molecule has 4 nitrogen and oxygen atoms in total. The first-order chi connectivity index (χ1) is 15.2. The second-order valence-electron chi connectivity index (χ2n) is 8.82. The Morgan fingerprint density at radius 2 is 1.69 bits per heavy atom. The van der Waals surface area contributed by atoms with E-state index in [1.807, 2.05) is 17.0 Å². The van der Waals surface area contributed by atoms with Gasteiger partial charge in [0.05, 0.1) is 15.6 Å². The Balaban J connectivity index is 1.86. The van der Waals surface area contributed by atoms with Crippen LogP contribution in [0, 0.1) is 0 Å². The van der Waals surface area contributed by atoms with E-state index < -0.39 is 0 Å². The van der Waals surface area contributed by atoms with Gasteiger partial charge in [-0.25, -0.2) is 4.98 Å². The summed E-state index contributed by atoms with van der Waals surface area (Å²) in [7, 11) is 1.77. The zero-order valence-corrected chi connectivity index (χ0v) is 20.5. The Kier molecular flexibility index (Phi) is 7.81. The van der Waals surface area contributed by atoms with E-state index in [-0.39, 0.29) is 11.3 Å². The van der Waals surface area contributed by atoms with Gasteiger partial charge in [-0.05, 0) is 52.8 Å². The molecular weight excluding hydrogens is 441 g/mol. The van der Waals surface area contributed by atoms with Gasteiger partial charge in [-0.2, -0.15) is 0 Å². The quantitative estimate of drug-likeness (QED) is 0.423. The molecular formula is C26H29Cl2N3O. The van der Waals surface area contributed by atoms with E-state index in [4.69, 9.17) is 23.2 Å². The third-order valence-electron chi connectivity index (χ3n) is 5.41. The van der Waals surface area contributed by atoms with Crippen molar-refractivity contribution in [1.29, 1.82) is 0 Å². The number of benzene rings is 2. The van der Waals surface area contributed by atoms with Gasteiger partial charge < -0.3 is 10.2 Å². The predicted octanol–water partition coefficient (Wildman–Crippen LogP) is 6.61. The SMILES string of the molecule is CNc1ncccc1C(=O)N(CCc1ccc(Cl)c(Cl)c1)Cc1ccc(C(C)(C)C)cc1. The molecule has 3 aromatic rings. The first kappa shape index (κ1) is 24.1. The number of nitrogens with zero attached hydrogens (tertiary/aromatic N) is 2. The molecule has 1 heterocycles. The van der Waals surface area contributed by atoms with Gasteiger partial charge in [0.1, 0.15) is 5.82 Å². The highest BCUT2D eigenvalue weighted by Crippen LogP contribution is 2.25. The summed E-state index contributed by atoms with van der Waals surface area (Å²) < 4.78 is 0. The molecule has 1 aromatic heterocycles. The van der Waals surface area contributed by atoms with Crippen LogP contribution in [0.4, 0.5) is 5.82 Å². The van der Waals surface area contributed by atoms with Gasteiger partial charge in [-0.1, -0.05) is 74.3 Å². The number of anilines is 1. The van der Waals surface area contributed by atoms with Gasteiger partial charge in [-0.3, -0.25) is 4.79 Å². The number of aromatic nitrogens is 1. The van der Waals surface area contributed by atoms with Crippen LogP contribution < -0.4 is 5.32 Å². The molecule has 3 rings (SSSR count). The first-order valence-corrected chi connectivity index (χ1v) is 11.4. The van der Waals surface area contributed by atoms with Crippen LogP contribution in [0.15, 0.2) is 60.8 Å². The van der Waals surface area contributed by atoms with Crippen molar-refractivity contribution in [2.24, 2.45) is 0 Å². The molecule has 32 heavy (non-hydrogen) atoms. The third-order valence-corrected chi connectivity index (χ3v) is 6.15. The highest BCUT2D eigenvalue weighted by molar-refractivity contribution is 6.42. The minimum Gasteiger partial charge on any atom is -0.372 e. The zero-order valence-electron chi connectivity index (χ0n) is 19.0. The van der Waals surface area contributed by atoms with E-state index in [1.165, 1.54) is 5.56 Å². The van der Waals surface area contributed by atoms with Crippen molar-refractivity contribution in [3.63, 3.8) is 0 Å². The Labute approximate surface area is 200 Å². The Bertz CT molecular complexity index is 1080. The molecule has 0 aliphatic carbocycles. The van der Waals surface area contributed by atoms with E-state index in [9.17, 15) is 4.79 Å². The number of nitrogens with one attached hydrogen (secondary N) is 1. The minimum absolute atomic E-state index is 0.0672. The van der Waals surface area contributed by atoms with E-state index in [0.717, 1.165) is 11.1 Å². The van der Waals surface area contributed by atoms with Crippen molar-refractivity contribution in [1.82, 2.24) is 9.88 Å². The second-order valence-corrected chi connectivity index (χ2v) is 9.64. The number of carbonyl (C=O) groups is 1. The lowest BCUT2D eigenvalue weighted by atomic mass is 9.87. The summed E-state index contributed by atoms with van der Waals surface area (Å²) in [5.41, 5.74) is 4.00. The maximum absolute atomic E-state index is 13.5. The van der Waals surface area contributed by atoms with Crippen LogP contribution in [0.2, 0.25) is 10.0 Å². The van der Waals surface area contributed by atoms with Crippen molar-refractivity contribution < 1.29 is 4.79 Å². The second kappa shape index (κ2) is 10.4. The van der Waals surface area contributed by atoms with Crippen LogP contribution in [0.1, 0.15) is 47.8 Å². The minimum atomic E-state index is -0.0672. The highest BCUT2D eigenvalue weighted by Gasteiger charge is 2.20. The van der Waals surface area contributed by atoms with E-state index in [2.05, 4.69) is 55.3 Å². The van der Waals surface area contributed by atoms with Crippen LogP contribution >= 0.6 is 23.2 Å². The lowest BCUT2D eigenvalue weighted by Gasteiger charge is -2.25. The average Bonchev–Trinajstić information content (AvgIpc) is 2.78. The monoisotopic (exact) mass is 469 g/mol. The molecule has 0 aliphatic heterocycles. The summed E-state index contributed by atoms with van der Waals surface area (Å²) in [5, 5.41) is 4.06. The maximum Gasteiger partial charge on any atom is 0.257 e. The van der Waals surface area contributed by atoms with Crippen LogP contribution in [0.3, 0.4) is 0 Å². The summed E-state index contributed by atoms with van der Waals surface area (Å²) in [5.74, 6) is 0.502. The number of carbonyl (C=O) groups excluding carboxylic acids is 1. The van der Waals surface area contributed by atoms with Gasteiger partial charge in [0.2, 0.25) is 0 Å². The summed E-state index contributed by atoms with van der Waals surface area (Å²) >= 11 is 12.2. The van der Waals surface area contributed by atoms with Crippen molar-refractivity contribution >= 4 is 34.9 Å². The van der Waals surface area contributed by atoms with Gasteiger partial charge in [0.25, 0.3) is 5.91 Å². The normalized spacial score (nSPS) is 11.3. The molecule has 0 unspecified atom stereocenters. The third kappa shape index (κ3) is 6.02. The predicted molar refractivity (Wildman–Crippen MR) is 134 cm³/mol. The number of rotatable bonds is 7. The van der Waals surface area contributed by atoms with Crippen molar-refractivity contribution in [3.05, 3.63) is 93.1 Å². The topological polar surface area (TPSA) is 45.2 Å². The van der Waals surface area contributed by atoms with Crippen LogP contribution in [0.5, 0.6) is 0 Å². The molecule has 1 N–H and O–H groups in total. The molecule has 0 spiro atoms. The fourth-order valence-corrected chi connectivity index (χ4v) is 3.81. The fraction of sp³-hybridized carbons (Fsp3) is 0.308. The smallest absolute Gasteiger partial charge is 0.257 e. The number of halogens is 2. The van der Waals surface area contributed by atoms with Gasteiger partial charge in [0.15, 0.2) is 0 Å². The zero-order chi connectivity index (χ0) is 23.3. The maximum atomic E-state index is 13.5. The molecule has 0 bridgehead atoms. The van der Waals surface area contributed by atoms with Gasteiger partial charge >= 0.3 is 0 Å². The number of hydrogen-bond donors (Lipinski definition) is 1. The molecule has 168 valence electrons. The fourth-order valence-electron chi connectivity index (χ4n) is 3.49. The number of amides is 1. The van der Waals surface area contributed by atoms with Crippen molar-refractivity contribution in [2.45, 2.75) is 39.2 Å². The lowest BCUT2D eigenvalue weighted by molar-refractivity contribution is 0.0745. The highest BCUT2D eigenvalue weighted by atomic mass is 35.5. The van der Waals surface area contributed by atoms with Crippen molar-refractivity contribution in [3.8, 4) is 0 Å². The van der Waals surface area contributed by atoms with E-state index in [0.29, 0.717) is 40.9 Å². The van der Waals surface area contributed by atoms with Crippen LogP contribution in [-0.4, -0.2) is 29.4 Å². The largest absolute Gasteiger partial charge is 0.372 e. The molecule has 0 aliphatic rings. The van der Waals surface area contributed by atoms with E-state index in [1.54, 1.807) is 31.4 Å². The summed E-state index contributed by atoms with van der Waals surface area (Å²) in [4.78, 5) is 19.6. The van der Waals surface area contributed by atoms with Gasteiger partial charge in [-0.15, -0.1) is 0 Å². The Morgan fingerprint density at radius 3 is 2.31 bits per heavy atom. The summed E-state index contributed by atoms with van der Waals surface area (Å²) in [6, 6.07) is 17.6. The molecule has 0 saturated carbocycles. The lowest BCUT2D eigenvalue weighted by Crippen LogP contribution is -2.33. The molecule has 0 fully saturated rings. The van der Waals surface area contributed by atoms with Crippen LogP contribution in [-0.2, 0) is 18.4 Å².